The van der Waals surface area contributed by atoms with Crippen molar-refractivity contribution in [2.24, 2.45) is 0 Å². The molecule has 6 rings (SSSR count). The molecule has 1 aliphatic carbocycles. The molecule has 5 heteroatoms. The van der Waals surface area contributed by atoms with E-state index in [9.17, 15) is 5.26 Å². The van der Waals surface area contributed by atoms with Crippen molar-refractivity contribution in [1.82, 2.24) is 15.2 Å². The zero-order chi connectivity index (χ0) is 20.8. The lowest BCUT2D eigenvalue weighted by Gasteiger charge is -2.27. The highest BCUT2D eigenvalue weighted by atomic mass is 15.1. The van der Waals surface area contributed by atoms with Crippen molar-refractivity contribution in [2.75, 3.05) is 5.32 Å². The summed E-state index contributed by atoms with van der Waals surface area (Å²) in [4.78, 5) is 3.24. The van der Waals surface area contributed by atoms with Crippen LogP contribution in [0.5, 0.6) is 0 Å². The summed E-state index contributed by atoms with van der Waals surface area (Å²) < 4.78 is 0. The summed E-state index contributed by atoms with van der Waals surface area (Å²) in [5.74, 6) is 0. The fourth-order valence-corrected chi connectivity index (χ4v) is 4.76. The number of fused-ring (bicyclic) bond motifs is 3. The standard InChI is InChI=1S/C26H21N5/c27-15-16-4-7-21-17(12-16)2-1-3-24(21)29-20-6-9-25-22(14-20)26(31-30-25)19-5-8-23-18(13-19)10-11-28-23/h4-14,24,28-29H,1-3H2,(H,30,31). The topological polar surface area (TPSA) is 80.3 Å². The van der Waals surface area contributed by atoms with Crippen LogP contribution in [0.2, 0.25) is 0 Å². The van der Waals surface area contributed by atoms with Gasteiger partial charge in [-0.1, -0.05) is 12.1 Å². The highest BCUT2D eigenvalue weighted by molar-refractivity contribution is 5.97. The lowest BCUT2D eigenvalue weighted by Crippen LogP contribution is -2.17. The Morgan fingerprint density at radius 1 is 1.00 bits per heavy atom. The number of anilines is 1. The zero-order valence-electron chi connectivity index (χ0n) is 16.9. The quantitative estimate of drug-likeness (QED) is 0.342. The number of nitrogens with zero attached hydrogens (tertiary/aromatic N) is 2. The maximum absolute atomic E-state index is 9.21. The molecule has 2 heterocycles. The number of hydrogen-bond acceptors (Lipinski definition) is 3. The lowest BCUT2D eigenvalue weighted by molar-refractivity contribution is 0.600. The smallest absolute Gasteiger partial charge is 0.1000 e. The van der Waals surface area contributed by atoms with E-state index in [0.717, 1.165) is 58.2 Å². The van der Waals surface area contributed by atoms with E-state index in [0.29, 0.717) is 0 Å². The molecule has 1 unspecified atom stereocenters. The fraction of sp³-hybridized carbons (Fsp3) is 0.154. The van der Waals surface area contributed by atoms with Gasteiger partial charge in [-0.25, -0.2) is 0 Å². The molecule has 0 aliphatic heterocycles. The van der Waals surface area contributed by atoms with Crippen LogP contribution in [0.4, 0.5) is 5.69 Å². The van der Waals surface area contributed by atoms with Gasteiger partial charge >= 0.3 is 0 Å². The van der Waals surface area contributed by atoms with Crippen LogP contribution < -0.4 is 5.32 Å². The van der Waals surface area contributed by atoms with E-state index in [2.05, 4.69) is 75.1 Å². The Balaban J connectivity index is 1.36. The molecular formula is C26H21N5. The summed E-state index contributed by atoms with van der Waals surface area (Å²) in [6.45, 7) is 0. The molecule has 150 valence electrons. The van der Waals surface area contributed by atoms with Crippen molar-refractivity contribution >= 4 is 27.5 Å². The third-order valence-electron chi connectivity index (χ3n) is 6.32. The Morgan fingerprint density at radius 3 is 2.87 bits per heavy atom. The molecule has 5 nitrogen and oxygen atoms in total. The molecule has 2 aromatic heterocycles. The van der Waals surface area contributed by atoms with Crippen molar-refractivity contribution in [3.05, 3.63) is 83.6 Å². The Kier molecular flexibility index (Phi) is 4.03. The number of benzene rings is 3. The highest BCUT2D eigenvalue weighted by Gasteiger charge is 2.21. The summed E-state index contributed by atoms with van der Waals surface area (Å²) >= 11 is 0. The molecule has 0 bridgehead atoms. The first kappa shape index (κ1) is 17.8. The number of nitriles is 1. The Bertz CT molecular complexity index is 1470. The maximum atomic E-state index is 9.21. The van der Waals surface area contributed by atoms with Gasteiger partial charge in [0.15, 0.2) is 0 Å². The van der Waals surface area contributed by atoms with E-state index >= 15 is 0 Å². The summed E-state index contributed by atoms with van der Waals surface area (Å²) in [7, 11) is 0. The van der Waals surface area contributed by atoms with E-state index < -0.39 is 0 Å². The van der Waals surface area contributed by atoms with Gasteiger partial charge in [0.25, 0.3) is 0 Å². The van der Waals surface area contributed by atoms with Crippen molar-refractivity contribution < 1.29 is 0 Å². The molecule has 0 radical (unpaired) electrons. The third-order valence-corrected chi connectivity index (χ3v) is 6.32. The average molecular weight is 403 g/mol. The monoisotopic (exact) mass is 403 g/mol. The SMILES string of the molecule is N#Cc1ccc2c(c1)CCCC2Nc1ccc2[nH]nc(-c3ccc4[nH]ccc4c3)c2c1. The largest absolute Gasteiger partial charge is 0.378 e. The molecule has 0 saturated heterocycles. The minimum absolute atomic E-state index is 0.250. The normalized spacial score (nSPS) is 15.6. The van der Waals surface area contributed by atoms with E-state index in [1.165, 1.54) is 16.5 Å². The fourth-order valence-electron chi connectivity index (χ4n) is 4.76. The van der Waals surface area contributed by atoms with Crippen LogP contribution in [0.3, 0.4) is 0 Å². The van der Waals surface area contributed by atoms with E-state index in [1.807, 2.05) is 18.3 Å². The summed E-state index contributed by atoms with van der Waals surface area (Å²) in [6, 6.07) is 23.4. The van der Waals surface area contributed by atoms with Gasteiger partial charge in [-0.15, -0.1) is 0 Å². The number of H-pyrrole nitrogens is 2. The minimum atomic E-state index is 0.250. The van der Waals surface area contributed by atoms with Crippen LogP contribution in [0.1, 0.15) is 35.6 Å². The molecule has 1 aliphatic rings. The molecule has 0 fully saturated rings. The molecule has 3 N–H and O–H groups in total. The number of aromatic amines is 2. The number of hydrogen-bond donors (Lipinski definition) is 3. The summed E-state index contributed by atoms with van der Waals surface area (Å²) in [5.41, 5.74) is 8.62. The van der Waals surface area contributed by atoms with Gasteiger partial charge in [-0.05, 0) is 78.9 Å². The first-order chi connectivity index (χ1) is 15.3. The molecule has 0 amide bonds. The maximum Gasteiger partial charge on any atom is 0.1000 e. The number of aryl methyl sites for hydroxylation is 1. The van der Waals surface area contributed by atoms with Crippen molar-refractivity contribution in [3.63, 3.8) is 0 Å². The Labute approximate surface area is 179 Å². The Hall–Kier alpha value is -4.04. The first-order valence-corrected chi connectivity index (χ1v) is 10.6. The molecule has 3 aromatic carbocycles. The third kappa shape index (κ3) is 3.04. The minimum Gasteiger partial charge on any atom is -0.378 e. The number of aromatic nitrogens is 3. The number of nitrogens with one attached hydrogen (secondary N) is 3. The van der Waals surface area contributed by atoms with Crippen LogP contribution in [0.15, 0.2) is 66.9 Å². The molecular weight excluding hydrogens is 382 g/mol. The van der Waals surface area contributed by atoms with Crippen LogP contribution in [-0.2, 0) is 6.42 Å². The van der Waals surface area contributed by atoms with E-state index in [1.54, 1.807) is 0 Å². The average Bonchev–Trinajstić information content (AvgIpc) is 3.45. The van der Waals surface area contributed by atoms with Crippen LogP contribution in [-0.4, -0.2) is 15.2 Å². The lowest BCUT2D eigenvalue weighted by atomic mass is 9.86. The molecule has 0 spiro atoms. The highest BCUT2D eigenvalue weighted by Crippen LogP contribution is 2.35. The van der Waals surface area contributed by atoms with E-state index in [4.69, 9.17) is 0 Å². The molecule has 31 heavy (non-hydrogen) atoms. The zero-order valence-corrected chi connectivity index (χ0v) is 16.9. The van der Waals surface area contributed by atoms with Crippen LogP contribution in [0, 0.1) is 11.3 Å². The van der Waals surface area contributed by atoms with Gasteiger partial charge < -0.3 is 10.3 Å². The number of rotatable bonds is 3. The molecule has 0 saturated carbocycles. The van der Waals surface area contributed by atoms with Crippen LogP contribution in [0.25, 0.3) is 33.1 Å². The second-order valence-electron chi connectivity index (χ2n) is 8.23. The van der Waals surface area contributed by atoms with Gasteiger partial charge in [-0.2, -0.15) is 10.4 Å². The van der Waals surface area contributed by atoms with Gasteiger partial charge in [0.1, 0.15) is 0 Å². The first-order valence-electron chi connectivity index (χ1n) is 10.6. The van der Waals surface area contributed by atoms with Crippen molar-refractivity contribution in [2.45, 2.75) is 25.3 Å². The predicted octanol–water partition coefficient (Wildman–Crippen LogP) is 6.07. The molecule has 5 aromatic rings. The Morgan fingerprint density at radius 2 is 1.94 bits per heavy atom. The summed E-state index contributed by atoms with van der Waals surface area (Å²) in [5, 5.41) is 23.0. The summed E-state index contributed by atoms with van der Waals surface area (Å²) in [6.07, 6.45) is 5.20. The molecule has 1 atom stereocenters. The predicted molar refractivity (Wildman–Crippen MR) is 124 cm³/mol. The van der Waals surface area contributed by atoms with Crippen LogP contribution >= 0.6 is 0 Å². The van der Waals surface area contributed by atoms with Crippen molar-refractivity contribution in [1.29, 1.82) is 5.26 Å². The second-order valence-corrected chi connectivity index (χ2v) is 8.23. The van der Waals surface area contributed by atoms with Gasteiger partial charge in [0.05, 0.1) is 28.9 Å². The van der Waals surface area contributed by atoms with E-state index in [-0.39, 0.29) is 6.04 Å². The second kappa shape index (κ2) is 7.03. The van der Waals surface area contributed by atoms with Crippen molar-refractivity contribution in [3.8, 4) is 17.3 Å². The van der Waals surface area contributed by atoms with Gasteiger partial charge in [0, 0.05) is 33.7 Å². The van der Waals surface area contributed by atoms with Gasteiger partial charge in [0.2, 0.25) is 0 Å². The van der Waals surface area contributed by atoms with Gasteiger partial charge in [-0.3, -0.25) is 5.10 Å².